The van der Waals surface area contributed by atoms with Gasteiger partial charge < -0.3 is 9.47 Å². The lowest BCUT2D eigenvalue weighted by Gasteiger charge is -2.05. The Labute approximate surface area is 199 Å². The summed E-state index contributed by atoms with van der Waals surface area (Å²) < 4.78 is 11.0. The molecule has 0 aromatic carbocycles. The molecule has 0 atom stereocenters. The highest BCUT2D eigenvalue weighted by Crippen LogP contribution is 2.13. The van der Waals surface area contributed by atoms with E-state index in [-0.39, 0.29) is 18.3 Å². The third kappa shape index (κ3) is 27.8. The van der Waals surface area contributed by atoms with Crippen molar-refractivity contribution < 1.29 is 14.3 Å². The smallest absolute Gasteiger partial charge is 0.173 e. The molecule has 0 bridgehead atoms. The molecule has 0 aromatic heterocycles. The third-order valence-corrected chi connectivity index (χ3v) is 6.18. The monoisotopic (exact) mass is 460 g/mol. The molecule has 0 N–H and O–H groups in total. The number of carbonyl (C=O) groups excluding carboxylic acids is 1. The predicted molar refractivity (Wildman–Crippen MR) is 135 cm³/mol. The summed E-state index contributed by atoms with van der Waals surface area (Å²) in [7, 11) is 0. The van der Waals surface area contributed by atoms with E-state index in [2.05, 4.69) is 6.92 Å². The number of Topliss-reactive ketones (excluding diaryl/α,β-unsaturated/α-hetero) is 1. The van der Waals surface area contributed by atoms with Crippen LogP contribution in [-0.2, 0) is 14.3 Å². The van der Waals surface area contributed by atoms with E-state index in [1.807, 2.05) is 0 Å². The van der Waals surface area contributed by atoms with E-state index < -0.39 is 0 Å². The van der Waals surface area contributed by atoms with Crippen molar-refractivity contribution in [2.75, 3.05) is 32.3 Å². The summed E-state index contributed by atoms with van der Waals surface area (Å²) in [6.07, 6.45) is 26.8. The van der Waals surface area contributed by atoms with E-state index in [0.29, 0.717) is 6.61 Å². The van der Waals surface area contributed by atoms with Gasteiger partial charge in [-0.05, 0) is 19.3 Å². The summed E-state index contributed by atoms with van der Waals surface area (Å²) in [6, 6.07) is 0. The lowest BCUT2D eigenvalue weighted by atomic mass is 10.0. The molecular formula is C27H53ClO3. The Morgan fingerprint density at radius 2 is 0.839 bits per heavy atom. The maximum Gasteiger partial charge on any atom is 0.173 e. The highest BCUT2D eigenvalue weighted by atomic mass is 35.5. The van der Waals surface area contributed by atoms with Crippen LogP contribution in [0, 0.1) is 0 Å². The molecule has 4 heteroatoms. The molecular weight excluding hydrogens is 408 g/mol. The van der Waals surface area contributed by atoms with Gasteiger partial charge in [0.05, 0.1) is 5.88 Å². The zero-order valence-electron chi connectivity index (χ0n) is 20.8. The number of ketones is 1. The molecule has 0 saturated carbocycles. The molecule has 0 unspecified atom stereocenters. The molecule has 3 nitrogen and oxygen atoms in total. The molecule has 186 valence electrons. The number of alkyl halides is 1. The summed E-state index contributed by atoms with van der Waals surface area (Å²) in [4.78, 5) is 11.0. The molecule has 0 aromatic rings. The van der Waals surface area contributed by atoms with E-state index >= 15 is 0 Å². The normalized spacial score (nSPS) is 11.3. The molecule has 0 spiro atoms. The fraction of sp³-hybridized carbons (Fsp3) is 0.963. The van der Waals surface area contributed by atoms with E-state index in [1.54, 1.807) is 0 Å². The Morgan fingerprint density at radius 1 is 0.516 bits per heavy atom. The fourth-order valence-electron chi connectivity index (χ4n) is 3.84. The largest absolute Gasteiger partial charge is 0.381 e. The minimum Gasteiger partial charge on any atom is -0.381 e. The zero-order valence-corrected chi connectivity index (χ0v) is 21.5. The highest BCUT2D eigenvalue weighted by Gasteiger charge is 1.99. The molecule has 0 amide bonds. The van der Waals surface area contributed by atoms with Gasteiger partial charge in [-0.2, -0.15) is 0 Å². The van der Waals surface area contributed by atoms with Crippen molar-refractivity contribution in [3.63, 3.8) is 0 Å². The average Bonchev–Trinajstić information content (AvgIpc) is 2.78. The van der Waals surface area contributed by atoms with Crippen LogP contribution < -0.4 is 0 Å². The van der Waals surface area contributed by atoms with Crippen LogP contribution in [0.3, 0.4) is 0 Å². The van der Waals surface area contributed by atoms with Gasteiger partial charge in [0.25, 0.3) is 0 Å². The van der Waals surface area contributed by atoms with Gasteiger partial charge in [-0.1, -0.05) is 116 Å². The Kier molecular flexibility index (Phi) is 27.8. The first kappa shape index (κ1) is 30.9. The molecule has 0 heterocycles. The number of carbonyl (C=O) groups is 1. The number of halogens is 1. The van der Waals surface area contributed by atoms with Gasteiger partial charge >= 0.3 is 0 Å². The number of hydrogen-bond donors (Lipinski definition) is 0. The van der Waals surface area contributed by atoms with Crippen LogP contribution in [0.15, 0.2) is 0 Å². The van der Waals surface area contributed by atoms with Gasteiger partial charge in [-0.25, -0.2) is 0 Å². The SMILES string of the molecule is CCCCCCCCCCCCCCCCOCCCCCCCCOCC(=O)CCl. The second-order valence-corrected chi connectivity index (χ2v) is 9.32. The van der Waals surface area contributed by atoms with Crippen LogP contribution in [0.25, 0.3) is 0 Å². The molecule has 0 aliphatic carbocycles. The molecule has 0 aliphatic heterocycles. The number of rotatable bonds is 27. The maximum atomic E-state index is 11.0. The molecule has 0 saturated heterocycles. The van der Waals surface area contributed by atoms with Crippen LogP contribution in [0.1, 0.15) is 135 Å². The minimum atomic E-state index is -0.0317. The Bertz CT molecular complexity index is 349. The average molecular weight is 461 g/mol. The van der Waals surface area contributed by atoms with Crippen LogP contribution >= 0.6 is 11.6 Å². The molecule has 0 fully saturated rings. The van der Waals surface area contributed by atoms with E-state index in [0.717, 1.165) is 19.6 Å². The van der Waals surface area contributed by atoms with Gasteiger partial charge in [0.1, 0.15) is 6.61 Å². The second kappa shape index (κ2) is 27.9. The van der Waals surface area contributed by atoms with Crippen LogP contribution in [0.2, 0.25) is 0 Å². The van der Waals surface area contributed by atoms with Crippen LogP contribution in [0.5, 0.6) is 0 Å². The van der Waals surface area contributed by atoms with Crippen molar-refractivity contribution in [2.24, 2.45) is 0 Å². The van der Waals surface area contributed by atoms with E-state index in [4.69, 9.17) is 21.1 Å². The first-order valence-corrected chi connectivity index (χ1v) is 14.1. The van der Waals surface area contributed by atoms with Crippen molar-refractivity contribution in [1.82, 2.24) is 0 Å². The van der Waals surface area contributed by atoms with Crippen molar-refractivity contribution in [2.45, 2.75) is 135 Å². The lowest BCUT2D eigenvalue weighted by molar-refractivity contribution is -0.121. The zero-order chi connectivity index (χ0) is 22.7. The van der Waals surface area contributed by atoms with Crippen molar-refractivity contribution in [1.29, 1.82) is 0 Å². The topological polar surface area (TPSA) is 35.5 Å². The van der Waals surface area contributed by atoms with Crippen molar-refractivity contribution >= 4 is 17.4 Å². The van der Waals surface area contributed by atoms with Crippen molar-refractivity contribution in [3.8, 4) is 0 Å². The molecule has 0 radical (unpaired) electrons. The van der Waals surface area contributed by atoms with Gasteiger partial charge in [0.15, 0.2) is 5.78 Å². The quantitative estimate of drug-likeness (QED) is 0.0908. The maximum absolute atomic E-state index is 11.0. The third-order valence-electron chi connectivity index (χ3n) is 5.88. The fourth-order valence-corrected chi connectivity index (χ4v) is 3.92. The number of hydrogen-bond acceptors (Lipinski definition) is 3. The minimum absolute atomic E-state index is 0.0317. The molecule has 0 rings (SSSR count). The van der Waals surface area contributed by atoms with Gasteiger partial charge in [0, 0.05) is 19.8 Å². The first-order chi connectivity index (χ1) is 15.3. The van der Waals surface area contributed by atoms with Crippen molar-refractivity contribution in [3.05, 3.63) is 0 Å². The highest BCUT2D eigenvalue weighted by molar-refractivity contribution is 6.27. The number of ether oxygens (including phenoxy) is 2. The van der Waals surface area contributed by atoms with Gasteiger partial charge in [-0.3, -0.25) is 4.79 Å². The van der Waals surface area contributed by atoms with Crippen LogP contribution in [0.4, 0.5) is 0 Å². The number of unbranched alkanes of at least 4 members (excludes halogenated alkanes) is 18. The Hall–Kier alpha value is -0.120. The second-order valence-electron chi connectivity index (χ2n) is 9.05. The van der Waals surface area contributed by atoms with Gasteiger partial charge in [0.2, 0.25) is 0 Å². The summed E-state index contributed by atoms with van der Waals surface area (Å²) in [5.41, 5.74) is 0. The summed E-state index contributed by atoms with van der Waals surface area (Å²) in [5.74, 6) is 0.0253. The van der Waals surface area contributed by atoms with Gasteiger partial charge in [-0.15, -0.1) is 11.6 Å². The first-order valence-electron chi connectivity index (χ1n) is 13.5. The summed E-state index contributed by atoms with van der Waals surface area (Å²) >= 11 is 5.42. The van der Waals surface area contributed by atoms with E-state index in [1.165, 1.54) is 122 Å². The predicted octanol–water partition coefficient (Wildman–Crippen LogP) is 8.65. The Balaban J connectivity index is 3.01. The standard InChI is InChI=1S/C27H53ClO3/c1-2-3-4-5-6-7-8-9-10-11-12-13-16-19-22-30-23-20-17-14-15-18-21-24-31-26-27(29)25-28/h2-26H2,1H3. The lowest BCUT2D eigenvalue weighted by Crippen LogP contribution is -2.10. The summed E-state index contributed by atoms with van der Waals surface area (Å²) in [5, 5.41) is 0. The summed E-state index contributed by atoms with van der Waals surface area (Å²) in [6.45, 7) is 4.99. The molecule has 0 aliphatic rings. The van der Waals surface area contributed by atoms with E-state index in [9.17, 15) is 4.79 Å². The van der Waals surface area contributed by atoms with Crippen LogP contribution in [-0.4, -0.2) is 38.1 Å². The Morgan fingerprint density at radius 3 is 1.19 bits per heavy atom. The molecule has 31 heavy (non-hydrogen) atoms.